The van der Waals surface area contributed by atoms with E-state index in [-0.39, 0.29) is 5.91 Å². The summed E-state index contributed by atoms with van der Waals surface area (Å²) in [5, 5.41) is 0. The van der Waals surface area contributed by atoms with Crippen LogP contribution in [0, 0.1) is 13.8 Å². The molecule has 1 amide bonds. The Labute approximate surface area is 146 Å². The summed E-state index contributed by atoms with van der Waals surface area (Å²) >= 11 is 0. The van der Waals surface area contributed by atoms with Crippen LogP contribution < -0.4 is 4.74 Å². The van der Waals surface area contributed by atoms with E-state index in [2.05, 4.69) is 30.0 Å². The molecule has 0 bridgehead atoms. The molecule has 0 unspecified atom stereocenters. The van der Waals surface area contributed by atoms with E-state index in [0.29, 0.717) is 0 Å². The fourth-order valence-electron chi connectivity index (χ4n) is 2.87. The second-order valence-electron chi connectivity index (χ2n) is 7.00. The van der Waals surface area contributed by atoms with Gasteiger partial charge in [-0.1, -0.05) is 12.1 Å². The van der Waals surface area contributed by atoms with Gasteiger partial charge in [0.2, 0.25) is 0 Å². The maximum atomic E-state index is 12.6. The number of ether oxygens (including phenoxy) is 1. The first-order valence-corrected chi connectivity index (χ1v) is 8.76. The summed E-state index contributed by atoms with van der Waals surface area (Å²) in [5.74, 6) is 0.892. The molecule has 0 aliphatic carbocycles. The van der Waals surface area contributed by atoms with Gasteiger partial charge in [0.15, 0.2) is 6.10 Å². The lowest BCUT2D eigenvalue weighted by atomic mass is 10.1. The molecular weight excluding hydrogens is 302 g/mol. The van der Waals surface area contributed by atoms with Gasteiger partial charge in [0.1, 0.15) is 5.75 Å². The highest BCUT2D eigenvalue weighted by atomic mass is 16.5. The van der Waals surface area contributed by atoms with E-state index in [1.807, 2.05) is 37.8 Å². The topological polar surface area (TPSA) is 36.0 Å². The van der Waals surface area contributed by atoms with Gasteiger partial charge in [-0.15, -0.1) is 0 Å². The van der Waals surface area contributed by atoms with Crippen LogP contribution in [0.3, 0.4) is 0 Å². The number of likely N-dealkylation sites (N-methyl/N-ethyl adjacent to an activating group) is 1. The van der Waals surface area contributed by atoms with E-state index in [1.54, 1.807) is 0 Å². The number of piperazine rings is 1. The number of rotatable bonds is 6. The minimum atomic E-state index is -0.446. The van der Waals surface area contributed by atoms with Crippen molar-refractivity contribution in [2.24, 2.45) is 0 Å². The number of amides is 1. The van der Waals surface area contributed by atoms with Crippen LogP contribution in [0.1, 0.15) is 18.1 Å². The quantitative estimate of drug-likeness (QED) is 0.795. The normalized spacial score (nSPS) is 17.2. The second-order valence-corrected chi connectivity index (χ2v) is 7.00. The first-order chi connectivity index (χ1) is 11.4. The van der Waals surface area contributed by atoms with E-state index in [1.165, 1.54) is 0 Å². The van der Waals surface area contributed by atoms with E-state index >= 15 is 0 Å². The minimum Gasteiger partial charge on any atom is -0.481 e. The highest BCUT2D eigenvalue weighted by molar-refractivity contribution is 5.81. The van der Waals surface area contributed by atoms with Gasteiger partial charge in [0, 0.05) is 39.3 Å². The molecule has 1 aromatic rings. The standard InChI is InChI=1S/C19H31N3O2/c1-15-6-7-16(2)18(14-15)24-17(3)19(23)22-12-10-21(11-13-22)9-8-20(4)5/h6-7,14,17H,8-13H2,1-5H3/t17-/m0/s1. The fraction of sp³-hybridized carbons (Fsp3) is 0.632. The Morgan fingerprint density at radius 1 is 1.21 bits per heavy atom. The van der Waals surface area contributed by atoms with E-state index in [0.717, 1.165) is 56.1 Å². The maximum Gasteiger partial charge on any atom is 0.263 e. The van der Waals surface area contributed by atoms with Crippen molar-refractivity contribution in [2.45, 2.75) is 26.9 Å². The highest BCUT2D eigenvalue weighted by Crippen LogP contribution is 2.21. The molecule has 0 aromatic heterocycles. The van der Waals surface area contributed by atoms with Crippen molar-refractivity contribution in [3.63, 3.8) is 0 Å². The van der Waals surface area contributed by atoms with Gasteiger partial charge in [-0.2, -0.15) is 0 Å². The Balaban J connectivity index is 1.85. The van der Waals surface area contributed by atoms with Crippen molar-refractivity contribution in [1.82, 2.24) is 14.7 Å². The van der Waals surface area contributed by atoms with E-state index in [9.17, 15) is 4.79 Å². The van der Waals surface area contributed by atoms with Gasteiger partial charge in [0.25, 0.3) is 5.91 Å². The summed E-state index contributed by atoms with van der Waals surface area (Å²) in [6.07, 6.45) is -0.446. The predicted octanol–water partition coefficient (Wildman–Crippen LogP) is 1.78. The zero-order valence-corrected chi connectivity index (χ0v) is 15.7. The van der Waals surface area contributed by atoms with Crippen LogP contribution in [0.5, 0.6) is 5.75 Å². The van der Waals surface area contributed by atoms with Gasteiger partial charge in [-0.25, -0.2) is 0 Å². The Bertz CT molecular complexity index is 552. The molecule has 1 atom stereocenters. The molecule has 0 radical (unpaired) electrons. The van der Waals surface area contributed by atoms with Crippen LogP contribution in [-0.4, -0.2) is 80.1 Å². The SMILES string of the molecule is Cc1ccc(C)c(O[C@@H](C)C(=O)N2CCN(CCN(C)C)CC2)c1. The summed E-state index contributed by atoms with van der Waals surface area (Å²) in [5.41, 5.74) is 2.21. The van der Waals surface area contributed by atoms with Gasteiger partial charge in [-0.05, 0) is 52.1 Å². The molecule has 1 fully saturated rings. The molecule has 134 valence electrons. The number of benzene rings is 1. The third kappa shape index (κ3) is 5.21. The van der Waals surface area contributed by atoms with Crippen LogP contribution in [0.4, 0.5) is 0 Å². The van der Waals surface area contributed by atoms with Crippen LogP contribution in [-0.2, 0) is 4.79 Å². The zero-order chi connectivity index (χ0) is 17.7. The van der Waals surface area contributed by atoms with Gasteiger partial charge in [0.05, 0.1) is 0 Å². The summed E-state index contributed by atoms with van der Waals surface area (Å²) in [7, 11) is 4.18. The van der Waals surface area contributed by atoms with Crippen molar-refractivity contribution in [2.75, 3.05) is 53.4 Å². The highest BCUT2D eigenvalue weighted by Gasteiger charge is 2.26. The summed E-state index contributed by atoms with van der Waals surface area (Å²) in [6, 6.07) is 6.09. The van der Waals surface area contributed by atoms with Crippen LogP contribution >= 0.6 is 0 Å². The Morgan fingerprint density at radius 2 is 1.88 bits per heavy atom. The molecule has 0 N–H and O–H groups in total. The van der Waals surface area contributed by atoms with Gasteiger partial charge < -0.3 is 14.5 Å². The van der Waals surface area contributed by atoms with Crippen molar-refractivity contribution in [3.05, 3.63) is 29.3 Å². The summed E-state index contributed by atoms with van der Waals surface area (Å²) in [6.45, 7) is 11.5. The number of hydrogen-bond acceptors (Lipinski definition) is 4. The second kappa shape index (κ2) is 8.49. The van der Waals surface area contributed by atoms with Crippen LogP contribution in [0.15, 0.2) is 18.2 Å². The first-order valence-electron chi connectivity index (χ1n) is 8.76. The van der Waals surface area contributed by atoms with Gasteiger partial charge in [-0.3, -0.25) is 9.69 Å². The zero-order valence-electron chi connectivity index (χ0n) is 15.7. The number of nitrogens with zero attached hydrogens (tertiary/aromatic N) is 3. The van der Waals surface area contributed by atoms with Gasteiger partial charge >= 0.3 is 0 Å². The first kappa shape index (κ1) is 18.7. The molecule has 2 rings (SSSR count). The average Bonchev–Trinajstić information content (AvgIpc) is 2.56. The summed E-state index contributed by atoms with van der Waals surface area (Å²) in [4.78, 5) is 19.2. The van der Waals surface area contributed by atoms with E-state index in [4.69, 9.17) is 4.74 Å². The molecule has 24 heavy (non-hydrogen) atoms. The molecule has 1 saturated heterocycles. The maximum absolute atomic E-state index is 12.6. The molecule has 5 nitrogen and oxygen atoms in total. The summed E-state index contributed by atoms with van der Waals surface area (Å²) < 4.78 is 5.94. The fourth-order valence-corrected chi connectivity index (χ4v) is 2.87. The third-order valence-electron chi connectivity index (χ3n) is 4.54. The third-order valence-corrected chi connectivity index (χ3v) is 4.54. The Kier molecular flexibility index (Phi) is 6.63. The lowest BCUT2D eigenvalue weighted by Gasteiger charge is -2.36. The number of carbonyl (C=O) groups is 1. The van der Waals surface area contributed by atoms with Crippen LogP contribution in [0.2, 0.25) is 0 Å². The number of hydrogen-bond donors (Lipinski definition) is 0. The average molecular weight is 333 g/mol. The predicted molar refractivity (Wildman–Crippen MR) is 97.6 cm³/mol. The van der Waals surface area contributed by atoms with Crippen molar-refractivity contribution >= 4 is 5.91 Å². The minimum absolute atomic E-state index is 0.0863. The molecule has 1 heterocycles. The largest absolute Gasteiger partial charge is 0.481 e. The molecule has 0 spiro atoms. The molecule has 1 aliphatic rings. The lowest BCUT2D eigenvalue weighted by molar-refractivity contribution is -0.139. The molecular formula is C19H31N3O2. The number of aryl methyl sites for hydroxylation is 2. The van der Waals surface area contributed by atoms with Crippen molar-refractivity contribution in [1.29, 1.82) is 0 Å². The van der Waals surface area contributed by atoms with Crippen molar-refractivity contribution < 1.29 is 9.53 Å². The Morgan fingerprint density at radius 3 is 2.50 bits per heavy atom. The van der Waals surface area contributed by atoms with Crippen LogP contribution in [0.25, 0.3) is 0 Å². The smallest absolute Gasteiger partial charge is 0.263 e. The molecule has 1 aromatic carbocycles. The molecule has 5 heteroatoms. The van der Waals surface area contributed by atoms with E-state index < -0.39 is 6.10 Å². The Hall–Kier alpha value is -1.59. The van der Waals surface area contributed by atoms with Crippen molar-refractivity contribution in [3.8, 4) is 5.75 Å². The molecule has 0 saturated carbocycles. The monoisotopic (exact) mass is 333 g/mol. The lowest BCUT2D eigenvalue weighted by Crippen LogP contribution is -2.52. The molecule has 1 aliphatic heterocycles. The number of carbonyl (C=O) groups excluding carboxylic acids is 1.